The summed E-state index contributed by atoms with van der Waals surface area (Å²) in [6.45, 7) is 2.18. The van der Waals surface area contributed by atoms with Gasteiger partial charge in [-0.3, -0.25) is 14.6 Å². The molecule has 0 atom stereocenters. The highest BCUT2D eigenvalue weighted by atomic mass is 16.5. The van der Waals surface area contributed by atoms with Crippen LogP contribution in [0.5, 0.6) is 5.75 Å². The first-order valence-electron chi connectivity index (χ1n) is 8.27. The molecule has 0 saturated carbocycles. The molecule has 2 aromatic rings. The van der Waals surface area contributed by atoms with Gasteiger partial charge in [0.15, 0.2) is 0 Å². The smallest absolute Gasteiger partial charge is 0.255 e. The Bertz CT molecular complexity index is 741. The lowest BCUT2D eigenvalue weighted by molar-refractivity contribution is -0.131. The molecular formula is C19H21N3O3. The molecule has 0 N–H and O–H groups in total. The Morgan fingerprint density at radius 3 is 2.52 bits per heavy atom. The van der Waals surface area contributed by atoms with Crippen LogP contribution in [0.25, 0.3) is 0 Å². The Kier molecular flexibility index (Phi) is 5.28. The predicted molar refractivity (Wildman–Crippen MR) is 93.4 cm³/mol. The molecule has 1 aromatic heterocycles. The molecule has 0 radical (unpaired) electrons. The molecule has 0 spiro atoms. The molecule has 1 aromatic carbocycles. The van der Waals surface area contributed by atoms with Gasteiger partial charge in [0.25, 0.3) is 5.91 Å². The lowest BCUT2D eigenvalue weighted by atomic mass is 10.1. The molecule has 6 heteroatoms. The van der Waals surface area contributed by atoms with Crippen molar-refractivity contribution in [2.24, 2.45) is 0 Å². The van der Waals surface area contributed by atoms with Crippen LogP contribution < -0.4 is 4.74 Å². The molecule has 1 saturated heterocycles. The largest absolute Gasteiger partial charge is 0.497 e. The number of amides is 2. The quantitative estimate of drug-likeness (QED) is 0.849. The van der Waals surface area contributed by atoms with E-state index in [4.69, 9.17) is 4.74 Å². The van der Waals surface area contributed by atoms with Crippen molar-refractivity contribution in [3.63, 3.8) is 0 Å². The Morgan fingerprint density at radius 1 is 1.08 bits per heavy atom. The molecule has 6 nitrogen and oxygen atoms in total. The average molecular weight is 339 g/mol. The SMILES string of the molecule is COc1cccc(CC(=O)N2CCN(C(=O)c3cccnc3)CC2)c1. The third-order valence-electron chi connectivity index (χ3n) is 4.32. The van der Waals surface area contributed by atoms with Crippen LogP contribution in [0.3, 0.4) is 0 Å². The second-order valence-corrected chi connectivity index (χ2v) is 5.94. The zero-order valence-corrected chi connectivity index (χ0v) is 14.2. The van der Waals surface area contributed by atoms with E-state index in [1.165, 1.54) is 0 Å². The van der Waals surface area contributed by atoms with E-state index in [0.29, 0.717) is 38.2 Å². The first kappa shape index (κ1) is 17.0. The fourth-order valence-electron chi connectivity index (χ4n) is 2.90. The Morgan fingerprint density at radius 2 is 1.84 bits per heavy atom. The van der Waals surface area contributed by atoms with Crippen molar-refractivity contribution < 1.29 is 14.3 Å². The van der Waals surface area contributed by atoms with Gasteiger partial charge in [0.1, 0.15) is 5.75 Å². The first-order chi connectivity index (χ1) is 12.2. The summed E-state index contributed by atoms with van der Waals surface area (Å²) in [6, 6.07) is 11.0. The molecule has 0 unspecified atom stereocenters. The number of carbonyl (C=O) groups is 2. The van der Waals surface area contributed by atoms with E-state index in [-0.39, 0.29) is 11.8 Å². The minimum Gasteiger partial charge on any atom is -0.497 e. The van der Waals surface area contributed by atoms with Crippen LogP contribution in [0.4, 0.5) is 0 Å². The van der Waals surface area contributed by atoms with Gasteiger partial charge in [0, 0.05) is 38.6 Å². The highest BCUT2D eigenvalue weighted by Gasteiger charge is 2.24. The number of methoxy groups -OCH3 is 1. The Hall–Kier alpha value is -2.89. The fourth-order valence-corrected chi connectivity index (χ4v) is 2.90. The van der Waals surface area contributed by atoms with Gasteiger partial charge in [0.2, 0.25) is 5.91 Å². The Balaban J connectivity index is 1.55. The van der Waals surface area contributed by atoms with Crippen LogP contribution in [-0.2, 0) is 11.2 Å². The van der Waals surface area contributed by atoms with Crippen LogP contribution in [0.1, 0.15) is 15.9 Å². The van der Waals surface area contributed by atoms with Gasteiger partial charge < -0.3 is 14.5 Å². The number of piperazine rings is 1. The van der Waals surface area contributed by atoms with Crippen molar-refractivity contribution >= 4 is 11.8 Å². The summed E-state index contributed by atoms with van der Waals surface area (Å²) in [7, 11) is 1.61. The van der Waals surface area contributed by atoms with Gasteiger partial charge >= 0.3 is 0 Å². The van der Waals surface area contributed by atoms with Crippen LogP contribution in [0.2, 0.25) is 0 Å². The van der Waals surface area contributed by atoms with E-state index in [2.05, 4.69) is 4.98 Å². The number of pyridine rings is 1. The van der Waals surface area contributed by atoms with E-state index in [1.54, 1.807) is 36.5 Å². The number of nitrogens with zero attached hydrogens (tertiary/aromatic N) is 3. The van der Waals surface area contributed by atoms with Gasteiger partial charge in [0.05, 0.1) is 19.1 Å². The third-order valence-corrected chi connectivity index (χ3v) is 4.32. The second-order valence-electron chi connectivity index (χ2n) is 5.94. The van der Waals surface area contributed by atoms with Crippen molar-refractivity contribution in [2.75, 3.05) is 33.3 Å². The maximum absolute atomic E-state index is 12.5. The lowest BCUT2D eigenvalue weighted by Crippen LogP contribution is -2.51. The van der Waals surface area contributed by atoms with Crippen LogP contribution in [-0.4, -0.2) is 59.9 Å². The minimum absolute atomic E-state index is 0.0343. The van der Waals surface area contributed by atoms with Crippen molar-refractivity contribution in [3.05, 3.63) is 59.9 Å². The van der Waals surface area contributed by atoms with Gasteiger partial charge in [-0.05, 0) is 29.8 Å². The summed E-state index contributed by atoms with van der Waals surface area (Å²) in [4.78, 5) is 32.5. The summed E-state index contributed by atoms with van der Waals surface area (Å²) < 4.78 is 5.19. The number of carbonyl (C=O) groups excluding carboxylic acids is 2. The highest BCUT2D eigenvalue weighted by Crippen LogP contribution is 2.15. The maximum atomic E-state index is 12.5. The van der Waals surface area contributed by atoms with Gasteiger partial charge in [-0.25, -0.2) is 0 Å². The molecule has 2 heterocycles. The van der Waals surface area contributed by atoms with E-state index < -0.39 is 0 Å². The van der Waals surface area contributed by atoms with Gasteiger partial charge in [-0.2, -0.15) is 0 Å². The number of benzene rings is 1. The van der Waals surface area contributed by atoms with E-state index in [9.17, 15) is 9.59 Å². The molecule has 25 heavy (non-hydrogen) atoms. The van der Waals surface area contributed by atoms with Gasteiger partial charge in [-0.15, -0.1) is 0 Å². The summed E-state index contributed by atoms with van der Waals surface area (Å²) >= 11 is 0. The number of hydrogen-bond donors (Lipinski definition) is 0. The molecular weight excluding hydrogens is 318 g/mol. The lowest BCUT2D eigenvalue weighted by Gasteiger charge is -2.34. The van der Waals surface area contributed by atoms with E-state index in [0.717, 1.165) is 11.3 Å². The van der Waals surface area contributed by atoms with Gasteiger partial charge in [-0.1, -0.05) is 12.1 Å². The number of aromatic nitrogens is 1. The third kappa shape index (κ3) is 4.15. The zero-order valence-electron chi connectivity index (χ0n) is 14.2. The second kappa shape index (κ2) is 7.79. The molecule has 2 amide bonds. The molecule has 130 valence electrons. The zero-order chi connectivity index (χ0) is 17.6. The predicted octanol–water partition coefficient (Wildman–Crippen LogP) is 1.62. The van der Waals surface area contributed by atoms with E-state index in [1.807, 2.05) is 29.2 Å². The topological polar surface area (TPSA) is 62.7 Å². The standard InChI is InChI=1S/C19H21N3O3/c1-25-17-6-2-4-15(12-17)13-18(23)21-8-10-22(11-9-21)19(24)16-5-3-7-20-14-16/h2-7,12,14H,8-11,13H2,1H3. The van der Waals surface area contributed by atoms with Crippen LogP contribution in [0.15, 0.2) is 48.8 Å². The van der Waals surface area contributed by atoms with Crippen molar-refractivity contribution in [1.29, 1.82) is 0 Å². The monoisotopic (exact) mass is 339 g/mol. The molecule has 0 aliphatic carbocycles. The summed E-state index contributed by atoms with van der Waals surface area (Å²) in [5, 5.41) is 0. The summed E-state index contributed by atoms with van der Waals surface area (Å²) in [5.41, 5.74) is 1.51. The highest BCUT2D eigenvalue weighted by molar-refractivity contribution is 5.94. The van der Waals surface area contributed by atoms with Crippen molar-refractivity contribution in [2.45, 2.75) is 6.42 Å². The maximum Gasteiger partial charge on any atom is 0.255 e. The van der Waals surface area contributed by atoms with Crippen LogP contribution >= 0.6 is 0 Å². The van der Waals surface area contributed by atoms with Crippen molar-refractivity contribution in [1.82, 2.24) is 14.8 Å². The number of hydrogen-bond acceptors (Lipinski definition) is 4. The fraction of sp³-hybridized carbons (Fsp3) is 0.316. The van der Waals surface area contributed by atoms with Crippen LogP contribution in [0, 0.1) is 0 Å². The number of rotatable bonds is 4. The molecule has 1 aliphatic rings. The Labute approximate surface area is 147 Å². The normalized spacial score (nSPS) is 14.3. The summed E-state index contributed by atoms with van der Waals surface area (Å²) in [5.74, 6) is 0.784. The molecule has 3 rings (SSSR count). The first-order valence-corrected chi connectivity index (χ1v) is 8.27. The molecule has 0 bridgehead atoms. The average Bonchev–Trinajstić information content (AvgIpc) is 2.68. The van der Waals surface area contributed by atoms with Crippen molar-refractivity contribution in [3.8, 4) is 5.75 Å². The summed E-state index contributed by atoms with van der Waals surface area (Å²) in [6.07, 6.45) is 3.56. The minimum atomic E-state index is -0.0343. The number of ether oxygens (including phenoxy) is 1. The molecule has 1 fully saturated rings. The molecule has 1 aliphatic heterocycles. The van der Waals surface area contributed by atoms with E-state index >= 15 is 0 Å².